The topological polar surface area (TPSA) is 55.6 Å². The van der Waals surface area contributed by atoms with Gasteiger partial charge in [0.2, 0.25) is 5.91 Å². The summed E-state index contributed by atoms with van der Waals surface area (Å²) in [5.41, 5.74) is 5.79. The van der Waals surface area contributed by atoms with Crippen LogP contribution in [0.5, 0.6) is 0 Å². The van der Waals surface area contributed by atoms with Crippen molar-refractivity contribution in [3.8, 4) is 0 Å². The molecule has 0 aliphatic carbocycles. The molecule has 1 aliphatic rings. The standard InChI is InChI=1S/C11H22N2O2/c1-3-6-15-7-10(14)13-5-4-11(2,8-12)9-13/h3-9,12H2,1-2H3. The highest BCUT2D eigenvalue weighted by molar-refractivity contribution is 5.77. The minimum atomic E-state index is 0.0978. The first-order valence-electron chi connectivity index (χ1n) is 5.67. The summed E-state index contributed by atoms with van der Waals surface area (Å²) in [5, 5.41) is 0. The summed E-state index contributed by atoms with van der Waals surface area (Å²) in [6, 6.07) is 0. The molecule has 4 nitrogen and oxygen atoms in total. The van der Waals surface area contributed by atoms with Crippen LogP contribution in [0, 0.1) is 5.41 Å². The van der Waals surface area contributed by atoms with Gasteiger partial charge in [-0.3, -0.25) is 4.79 Å². The molecule has 1 atom stereocenters. The van der Waals surface area contributed by atoms with Crippen molar-refractivity contribution in [1.82, 2.24) is 4.90 Å². The number of carbonyl (C=O) groups excluding carboxylic acids is 1. The molecule has 88 valence electrons. The highest BCUT2D eigenvalue weighted by Gasteiger charge is 2.34. The van der Waals surface area contributed by atoms with Crippen molar-refractivity contribution in [2.75, 3.05) is 32.8 Å². The summed E-state index contributed by atoms with van der Waals surface area (Å²) >= 11 is 0. The predicted molar refractivity (Wildman–Crippen MR) is 59.5 cm³/mol. The highest BCUT2D eigenvalue weighted by Crippen LogP contribution is 2.28. The van der Waals surface area contributed by atoms with Gasteiger partial charge in [-0.2, -0.15) is 0 Å². The van der Waals surface area contributed by atoms with Crippen LogP contribution in [-0.4, -0.2) is 43.7 Å². The number of nitrogens with zero attached hydrogens (tertiary/aromatic N) is 1. The first-order chi connectivity index (χ1) is 7.11. The number of carbonyl (C=O) groups is 1. The average Bonchev–Trinajstić information content (AvgIpc) is 2.62. The van der Waals surface area contributed by atoms with Crippen LogP contribution in [0.15, 0.2) is 0 Å². The van der Waals surface area contributed by atoms with E-state index in [1.165, 1.54) is 0 Å². The van der Waals surface area contributed by atoms with Crippen LogP contribution in [0.3, 0.4) is 0 Å². The summed E-state index contributed by atoms with van der Waals surface area (Å²) < 4.78 is 5.24. The Bertz CT molecular complexity index is 221. The summed E-state index contributed by atoms with van der Waals surface area (Å²) in [6.45, 7) is 7.29. The van der Waals surface area contributed by atoms with E-state index in [0.29, 0.717) is 13.2 Å². The van der Waals surface area contributed by atoms with Crippen molar-refractivity contribution in [1.29, 1.82) is 0 Å². The Morgan fingerprint density at radius 2 is 2.33 bits per heavy atom. The fraction of sp³-hybridized carbons (Fsp3) is 0.909. The van der Waals surface area contributed by atoms with Crippen LogP contribution in [0.25, 0.3) is 0 Å². The van der Waals surface area contributed by atoms with E-state index in [9.17, 15) is 4.79 Å². The van der Waals surface area contributed by atoms with Crippen LogP contribution in [0.2, 0.25) is 0 Å². The van der Waals surface area contributed by atoms with E-state index in [1.807, 2.05) is 11.8 Å². The summed E-state index contributed by atoms with van der Waals surface area (Å²) in [6.07, 6.45) is 1.96. The first kappa shape index (κ1) is 12.5. The molecule has 4 heteroatoms. The summed E-state index contributed by atoms with van der Waals surface area (Å²) in [5.74, 6) is 0.0978. The second-order valence-corrected chi connectivity index (χ2v) is 4.63. The van der Waals surface area contributed by atoms with Crippen molar-refractivity contribution in [3.63, 3.8) is 0 Å². The number of hydrogen-bond donors (Lipinski definition) is 1. The zero-order valence-electron chi connectivity index (χ0n) is 9.79. The normalized spacial score (nSPS) is 25.9. The monoisotopic (exact) mass is 214 g/mol. The van der Waals surface area contributed by atoms with E-state index >= 15 is 0 Å². The fourth-order valence-electron chi connectivity index (χ4n) is 1.80. The van der Waals surface area contributed by atoms with E-state index in [4.69, 9.17) is 10.5 Å². The third-order valence-electron chi connectivity index (χ3n) is 2.98. The molecule has 0 aromatic heterocycles. The van der Waals surface area contributed by atoms with Gasteiger partial charge in [-0.05, 0) is 24.8 Å². The van der Waals surface area contributed by atoms with Gasteiger partial charge in [0, 0.05) is 19.7 Å². The second kappa shape index (κ2) is 5.47. The first-order valence-corrected chi connectivity index (χ1v) is 5.67. The minimum absolute atomic E-state index is 0.0978. The second-order valence-electron chi connectivity index (χ2n) is 4.63. The van der Waals surface area contributed by atoms with E-state index in [2.05, 4.69) is 6.92 Å². The average molecular weight is 214 g/mol. The SMILES string of the molecule is CCCOCC(=O)N1CCC(C)(CN)C1. The van der Waals surface area contributed by atoms with E-state index < -0.39 is 0 Å². The van der Waals surface area contributed by atoms with Crippen LogP contribution in [-0.2, 0) is 9.53 Å². The lowest BCUT2D eigenvalue weighted by molar-refractivity contribution is -0.135. The van der Waals surface area contributed by atoms with Gasteiger partial charge in [-0.1, -0.05) is 13.8 Å². The molecule has 0 aromatic carbocycles. The molecule has 0 saturated carbocycles. The lowest BCUT2D eigenvalue weighted by Gasteiger charge is -2.22. The Kier molecular flexibility index (Phi) is 4.54. The Labute approximate surface area is 91.8 Å². The zero-order chi connectivity index (χ0) is 11.3. The van der Waals surface area contributed by atoms with Gasteiger partial charge in [0.15, 0.2) is 0 Å². The number of likely N-dealkylation sites (tertiary alicyclic amines) is 1. The quantitative estimate of drug-likeness (QED) is 0.682. The minimum Gasteiger partial charge on any atom is -0.372 e. The van der Waals surface area contributed by atoms with Crippen molar-refractivity contribution >= 4 is 5.91 Å². The van der Waals surface area contributed by atoms with Crippen LogP contribution in [0.4, 0.5) is 0 Å². The van der Waals surface area contributed by atoms with Gasteiger partial charge in [0.1, 0.15) is 6.61 Å². The van der Waals surface area contributed by atoms with Gasteiger partial charge in [0.25, 0.3) is 0 Å². The Balaban J connectivity index is 2.30. The summed E-state index contributed by atoms with van der Waals surface area (Å²) in [7, 11) is 0. The van der Waals surface area contributed by atoms with Gasteiger partial charge < -0.3 is 15.4 Å². The van der Waals surface area contributed by atoms with Crippen LogP contribution in [0.1, 0.15) is 26.7 Å². The zero-order valence-corrected chi connectivity index (χ0v) is 9.79. The Morgan fingerprint density at radius 3 is 2.87 bits per heavy atom. The number of nitrogens with two attached hydrogens (primary N) is 1. The van der Waals surface area contributed by atoms with E-state index in [-0.39, 0.29) is 17.9 Å². The van der Waals surface area contributed by atoms with Crippen LogP contribution >= 0.6 is 0 Å². The molecule has 1 fully saturated rings. The molecule has 0 bridgehead atoms. The van der Waals surface area contributed by atoms with Crippen molar-refractivity contribution in [3.05, 3.63) is 0 Å². The highest BCUT2D eigenvalue weighted by atomic mass is 16.5. The molecule has 1 unspecified atom stereocenters. The molecule has 1 heterocycles. The van der Waals surface area contributed by atoms with Gasteiger partial charge in [-0.25, -0.2) is 0 Å². The van der Waals surface area contributed by atoms with Crippen molar-refractivity contribution < 1.29 is 9.53 Å². The molecule has 1 aliphatic heterocycles. The maximum Gasteiger partial charge on any atom is 0.248 e. The molecule has 1 rings (SSSR count). The fourth-order valence-corrected chi connectivity index (χ4v) is 1.80. The van der Waals surface area contributed by atoms with E-state index in [1.54, 1.807) is 0 Å². The third-order valence-corrected chi connectivity index (χ3v) is 2.98. The smallest absolute Gasteiger partial charge is 0.248 e. The molecule has 0 radical (unpaired) electrons. The molecular formula is C11H22N2O2. The predicted octanol–water partition coefficient (Wildman–Crippen LogP) is 0.610. The molecular weight excluding hydrogens is 192 g/mol. The number of amides is 1. The third kappa shape index (κ3) is 3.47. The van der Waals surface area contributed by atoms with Gasteiger partial charge in [0.05, 0.1) is 0 Å². The molecule has 2 N–H and O–H groups in total. The molecule has 0 spiro atoms. The van der Waals surface area contributed by atoms with Gasteiger partial charge in [-0.15, -0.1) is 0 Å². The number of hydrogen-bond acceptors (Lipinski definition) is 3. The summed E-state index contributed by atoms with van der Waals surface area (Å²) in [4.78, 5) is 13.5. The number of rotatable bonds is 5. The number of ether oxygens (including phenoxy) is 1. The molecule has 15 heavy (non-hydrogen) atoms. The van der Waals surface area contributed by atoms with E-state index in [0.717, 1.165) is 25.9 Å². The molecule has 0 aromatic rings. The molecule has 1 amide bonds. The molecule has 1 saturated heterocycles. The largest absolute Gasteiger partial charge is 0.372 e. The Morgan fingerprint density at radius 1 is 1.60 bits per heavy atom. The Hall–Kier alpha value is -0.610. The maximum atomic E-state index is 11.7. The van der Waals surface area contributed by atoms with Crippen molar-refractivity contribution in [2.45, 2.75) is 26.7 Å². The van der Waals surface area contributed by atoms with Crippen LogP contribution < -0.4 is 5.73 Å². The lowest BCUT2D eigenvalue weighted by Crippen LogP contribution is -2.36. The van der Waals surface area contributed by atoms with Gasteiger partial charge >= 0.3 is 0 Å². The van der Waals surface area contributed by atoms with Crippen molar-refractivity contribution in [2.24, 2.45) is 11.1 Å². The lowest BCUT2D eigenvalue weighted by atomic mass is 9.90. The maximum absolute atomic E-state index is 11.7.